The Bertz CT molecular complexity index is 604. The molecule has 23 heavy (non-hydrogen) atoms. The maximum atomic E-state index is 13.2. The predicted molar refractivity (Wildman–Crippen MR) is 103 cm³/mol. The minimum Gasteiger partial charge on any atom is -0.306 e. The molecule has 0 fully saturated rings. The molecule has 0 aliphatic carbocycles. The van der Waals surface area contributed by atoms with Gasteiger partial charge in [-0.2, -0.15) is 0 Å². The second kappa shape index (κ2) is 8.91. The van der Waals surface area contributed by atoms with Gasteiger partial charge in [-0.25, -0.2) is 4.99 Å². The molecule has 0 bridgehead atoms. The summed E-state index contributed by atoms with van der Waals surface area (Å²) in [6.45, 7) is 9.44. The number of benzene rings is 1. The van der Waals surface area contributed by atoms with E-state index in [4.69, 9.17) is 4.52 Å². The molecule has 1 rings (SSSR count). The molecule has 0 heterocycles. The fourth-order valence-corrected chi connectivity index (χ4v) is 6.80. The highest BCUT2D eigenvalue weighted by Gasteiger charge is 2.32. The minimum atomic E-state index is -2.98. The highest BCUT2D eigenvalue weighted by molar-refractivity contribution is 8.56. The summed E-state index contributed by atoms with van der Waals surface area (Å²) in [6, 6.07) is 6.13. The molecule has 1 aromatic carbocycles. The second-order valence-corrected chi connectivity index (χ2v) is 10.5. The molecule has 2 unspecified atom stereocenters. The number of nitrogens with zero attached hydrogens (tertiary/aromatic N) is 2. The summed E-state index contributed by atoms with van der Waals surface area (Å²) < 4.78 is 20.6. The predicted octanol–water partition coefficient (Wildman–Crippen LogP) is 5.96. The van der Waals surface area contributed by atoms with E-state index in [9.17, 15) is 4.57 Å². The van der Waals surface area contributed by atoms with E-state index in [0.717, 1.165) is 17.7 Å². The quantitative estimate of drug-likeness (QED) is 0.343. The monoisotopic (exact) mass is 356 g/mol. The van der Waals surface area contributed by atoms with Gasteiger partial charge in [0.2, 0.25) is 0 Å². The Morgan fingerprint density at radius 2 is 2.04 bits per heavy atom. The standard InChI is InChI=1S/C17H29N2O2PS/c1-8-15(5)23-22(20,21-9-2)19(7)16(6)18-17-11-10-13(3)12-14(17)4/h10-12,15H,8-9H2,1-7H3. The van der Waals surface area contributed by atoms with Gasteiger partial charge in [-0.3, -0.25) is 9.24 Å². The van der Waals surface area contributed by atoms with E-state index in [1.54, 1.807) is 11.7 Å². The van der Waals surface area contributed by atoms with Crippen molar-refractivity contribution in [3.05, 3.63) is 29.3 Å². The fourth-order valence-electron chi connectivity index (χ4n) is 2.01. The van der Waals surface area contributed by atoms with Gasteiger partial charge in [0.05, 0.1) is 12.3 Å². The van der Waals surface area contributed by atoms with Gasteiger partial charge < -0.3 is 4.52 Å². The fraction of sp³-hybridized carbons (Fsp3) is 0.588. The lowest BCUT2D eigenvalue weighted by atomic mass is 10.1. The third-order valence-corrected chi connectivity index (χ3v) is 9.15. The summed E-state index contributed by atoms with van der Waals surface area (Å²) in [4.78, 5) is 4.66. The van der Waals surface area contributed by atoms with Crippen molar-refractivity contribution >= 4 is 29.6 Å². The molecule has 0 aliphatic heterocycles. The molecular weight excluding hydrogens is 327 g/mol. The Hall–Kier alpha value is -0.770. The SMILES string of the molecule is CCOP(=O)(SC(C)CC)N(C)C(C)=Nc1ccc(C)cc1C. The van der Waals surface area contributed by atoms with E-state index in [-0.39, 0.29) is 5.25 Å². The van der Waals surface area contributed by atoms with Crippen LogP contribution in [-0.4, -0.2) is 29.4 Å². The number of hydrogen-bond donors (Lipinski definition) is 0. The van der Waals surface area contributed by atoms with Gasteiger partial charge in [-0.1, -0.05) is 31.5 Å². The van der Waals surface area contributed by atoms with Crippen LogP contribution in [0.2, 0.25) is 0 Å². The highest BCUT2D eigenvalue weighted by atomic mass is 32.7. The Labute approximate surface area is 145 Å². The highest BCUT2D eigenvalue weighted by Crippen LogP contribution is 2.63. The molecule has 130 valence electrons. The Morgan fingerprint density at radius 3 is 2.57 bits per heavy atom. The summed E-state index contributed by atoms with van der Waals surface area (Å²) in [5.41, 5.74) is 3.22. The Kier molecular flexibility index (Phi) is 7.85. The van der Waals surface area contributed by atoms with Crippen LogP contribution in [0.1, 0.15) is 45.2 Å². The van der Waals surface area contributed by atoms with E-state index in [2.05, 4.69) is 31.8 Å². The topological polar surface area (TPSA) is 41.9 Å². The van der Waals surface area contributed by atoms with Gasteiger partial charge in [-0.15, -0.1) is 0 Å². The maximum Gasteiger partial charge on any atom is 0.354 e. The van der Waals surface area contributed by atoms with Crippen LogP contribution in [0.15, 0.2) is 23.2 Å². The van der Waals surface area contributed by atoms with Gasteiger partial charge >= 0.3 is 6.72 Å². The number of aryl methyl sites for hydroxylation is 2. The molecular formula is C17H29N2O2PS. The first-order valence-corrected chi connectivity index (χ1v) is 11.1. The summed E-state index contributed by atoms with van der Waals surface area (Å²) >= 11 is 1.40. The van der Waals surface area contributed by atoms with E-state index in [1.807, 2.05) is 32.9 Å². The van der Waals surface area contributed by atoms with Crippen LogP contribution in [-0.2, 0) is 9.09 Å². The van der Waals surface area contributed by atoms with Crippen molar-refractivity contribution in [2.45, 2.75) is 53.2 Å². The van der Waals surface area contributed by atoms with E-state index in [0.29, 0.717) is 12.4 Å². The molecule has 0 aromatic heterocycles. The number of rotatable bonds is 7. The Balaban J connectivity index is 3.09. The van der Waals surface area contributed by atoms with Crippen LogP contribution >= 0.6 is 18.1 Å². The average Bonchev–Trinajstić information content (AvgIpc) is 2.49. The minimum absolute atomic E-state index is 0.267. The summed E-state index contributed by atoms with van der Waals surface area (Å²) in [5.74, 6) is 0.699. The zero-order valence-corrected chi connectivity index (χ0v) is 17.0. The zero-order valence-electron chi connectivity index (χ0n) is 15.3. The largest absolute Gasteiger partial charge is 0.354 e. The van der Waals surface area contributed by atoms with Gasteiger partial charge in [-0.05, 0) is 57.1 Å². The summed E-state index contributed by atoms with van der Waals surface area (Å²) in [6.07, 6.45) is 0.947. The molecule has 1 aromatic rings. The molecule has 6 heteroatoms. The molecule has 2 atom stereocenters. The van der Waals surface area contributed by atoms with Crippen LogP contribution in [0.25, 0.3) is 0 Å². The molecule has 0 N–H and O–H groups in total. The first-order valence-electron chi connectivity index (χ1n) is 8.03. The zero-order chi connectivity index (χ0) is 17.6. The van der Waals surface area contributed by atoms with Crippen LogP contribution in [0.4, 0.5) is 5.69 Å². The van der Waals surface area contributed by atoms with Gasteiger partial charge in [0.25, 0.3) is 0 Å². The van der Waals surface area contributed by atoms with Crippen molar-refractivity contribution in [1.82, 2.24) is 4.67 Å². The second-order valence-electron chi connectivity index (χ2n) is 5.68. The summed E-state index contributed by atoms with van der Waals surface area (Å²) in [5, 5.41) is 0.267. The van der Waals surface area contributed by atoms with Crippen molar-refractivity contribution < 1.29 is 9.09 Å². The molecule has 0 spiro atoms. The van der Waals surface area contributed by atoms with Crippen molar-refractivity contribution in [3.63, 3.8) is 0 Å². The van der Waals surface area contributed by atoms with Gasteiger partial charge in [0, 0.05) is 12.3 Å². The lowest BCUT2D eigenvalue weighted by Crippen LogP contribution is -2.22. The van der Waals surface area contributed by atoms with E-state index in [1.165, 1.54) is 16.9 Å². The van der Waals surface area contributed by atoms with E-state index < -0.39 is 6.72 Å². The summed E-state index contributed by atoms with van der Waals surface area (Å²) in [7, 11) is 1.80. The normalized spacial score (nSPS) is 16.0. The molecule has 0 amide bonds. The van der Waals surface area contributed by atoms with Crippen molar-refractivity contribution in [2.24, 2.45) is 4.99 Å². The van der Waals surface area contributed by atoms with Crippen molar-refractivity contribution in [1.29, 1.82) is 0 Å². The first-order chi connectivity index (χ1) is 10.7. The molecule has 0 aliphatic rings. The van der Waals surface area contributed by atoms with Crippen LogP contribution in [0, 0.1) is 13.8 Å². The maximum absolute atomic E-state index is 13.2. The van der Waals surface area contributed by atoms with Crippen LogP contribution < -0.4 is 0 Å². The molecule has 0 saturated carbocycles. The number of aliphatic imine (C=N–C) groups is 1. The third kappa shape index (κ3) is 5.66. The van der Waals surface area contributed by atoms with Gasteiger partial charge in [0.1, 0.15) is 5.84 Å². The van der Waals surface area contributed by atoms with Crippen LogP contribution in [0.5, 0.6) is 0 Å². The van der Waals surface area contributed by atoms with Crippen molar-refractivity contribution in [2.75, 3.05) is 13.7 Å². The van der Waals surface area contributed by atoms with Crippen LogP contribution in [0.3, 0.4) is 0 Å². The number of hydrogen-bond acceptors (Lipinski definition) is 4. The van der Waals surface area contributed by atoms with E-state index >= 15 is 0 Å². The Morgan fingerprint density at radius 1 is 1.39 bits per heavy atom. The lowest BCUT2D eigenvalue weighted by molar-refractivity contribution is 0.323. The molecule has 4 nitrogen and oxygen atoms in total. The molecule has 0 saturated heterocycles. The number of amidine groups is 1. The first kappa shape index (κ1) is 20.3. The average molecular weight is 356 g/mol. The third-order valence-electron chi connectivity index (χ3n) is 3.65. The van der Waals surface area contributed by atoms with Gasteiger partial charge in [0.15, 0.2) is 0 Å². The molecule has 0 radical (unpaired) electrons. The lowest BCUT2D eigenvalue weighted by Gasteiger charge is -2.29. The smallest absolute Gasteiger partial charge is 0.306 e. The van der Waals surface area contributed by atoms with Crippen molar-refractivity contribution in [3.8, 4) is 0 Å².